The molecule has 28 heavy (non-hydrogen) atoms. The maximum atomic E-state index is 12.1. The van der Waals surface area contributed by atoms with Crippen LogP contribution in [0.15, 0.2) is 48.5 Å². The molecule has 1 fully saturated rings. The van der Waals surface area contributed by atoms with E-state index in [1.54, 1.807) is 0 Å². The minimum absolute atomic E-state index is 0.123. The number of aromatic nitrogens is 1. The average Bonchev–Trinajstić information content (AvgIpc) is 2.66. The molecule has 0 spiro atoms. The third-order valence-electron chi connectivity index (χ3n) is 5.33. The number of nitrogens with zero attached hydrogens (tertiary/aromatic N) is 1. The molecule has 4 rings (SSSR count). The molecule has 0 amide bonds. The minimum atomic E-state index is -0.174. The zero-order valence-electron chi connectivity index (χ0n) is 16.7. The predicted octanol–water partition coefficient (Wildman–Crippen LogP) is 5.79. The van der Waals surface area contributed by atoms with Crippen LogP contribution in [-0.4, -0.2) is 17.6 Å². The molecule has 1 saturated heterocycles. The summed E-state index contributed by atoms with van der Waals surface area (Å²) in [5.41, 5.74) is 7.86. The summed E-state index contributed by atoms with van der Waals surface area (Å²) >= 11 is 0. The number of cyclic esters (lactones) is 1. The Morgan fingerprint density at radius 3 is 2.57 bits per heavy atom. The van der Waals surface area contributed by atoms with E-state index < -0.39 is 0 Å². The van der Waals surface area contributed by atoms with E-state index in [0.717, 1.165) is 35.0 Å². The van der Waals surface area contributed by atoms with E-state index in [0.29, 0.717) is 6.61 Å². The van der Waals surface area contributed by atoms with Crippen LogP contribution in [0.1, 0.15) is 35.2 Å². The second-order valence-corrected chi connectivity index (χ2v) is 7.65. The molecule has 0 saturated carbocycles. The number of carbonyl (C=O) groups excluding carboxylic acids is 1. The number of esters is 1. The van der Waals surface area contributed by atoms with Gasteiger partial charge in [-0.2, -0.15) is 0 Å². The van der Waals surface area contributed by atoms with Gasteiger partial charge in [0, 0.05) is 22.2 Å². The minimum Gasteiger partial charge on any atom is -0.465 e. The summed E-state index contributed by atoms with van der Waals surface area (Å²) in [6.45, 7) is 6.82. The fraction of sp³-hybridized carbons (Fsp3) is 0.280. The Morgan fingerprint density at radius 1 is 1.07 bits per heavy atom. The van der Waals surface area contributed by atoms with Crippen molar-refractivity contribution < 1.29 is 9.53 Å². The largest absolute Gasteiger partial charge is 0.465 e. The summed E-state index contributed by atoms with van der Waals surface area (Å²) in [6.07, 6.45) is 5.82. The number of aryl methyl sites for hydroxylation is 3. The van der Waals surface area contributed by atoms with E-state index >= 15 is 0 Å². The number of rotatable bonds is 3. The molecule has 0 aliphatic carbocycles. The molecule has 0 radical (unpaired) electrons. The molecule has 0 N–H and O–H groups in total. The maximum absolute atomic E-state index is 12.1. The normalized spacial score (nSPS) is 17.2. The van der Waals surface area contributed by atoms with Crippen molar-refractivity contribution in [3.8, 4) is 11.1 Å². The summed E-state index contributed by atoms with van der Waals surface area (Å²) in [5, 5.41) is 1.13. The Bertz CT molecular complexity index is 1060. The van der Waals surface area contributed by atoms with Crippen LogP contribution in [-0.2, 0) is 9.53 Å². The van der Waals surface area contributed by atoms with Crippen LogP contribution in [0.3, 0.4) is 0 Å². The maximum Gasteiger partial charge on any atom is 0.312 e. The molecule has 0 bridgehead atoms. The Morgan fingerprint density at radius 2 is 1.82 bits per heavy atom. The second kappa shape index (κ2) is 7.59. The molecular weight excluding hydrogens is 346 g/mol. The molecular formula is C25H25NO2. The Hall–Kier alpha value is -2.94. The van der Waals surface area contributed by atoms with Crippen LogP contribution in [0.25, 0.3) is 28.1 Å². The highest BCUT2D eigenvalue weighted by Crippen LogP contribution is 2.35. The van der Waals surface area contributed by atoms with Gasteiger partial charge in [0.1, 0.15) is 0 Å². The van der Waals surface area contributed by atoms with E-state index in [1.165, 1.54) is 22.3 Å². The Labute approximate surface area is 166 Å². The third kappa shape index (κ3) is 3.57. The van der Waals surface area contributed by atoms with E-state index in [-0.39, 0.29) is 11.9 Å². The van der Waals surface area contributed by atoms with Crippen LogP contribution in [0.5, 0.6) is 0 Å². The lowest BCUT2D eigenvalue weighted by atomic mass is 9.91. The molecule has 3 aromatic rings. The SMILES string of the molecule is Cc1cc(C)cc(-c2c(C=CC3CCCOC3=O)c(C)nc3ccccc23)c1. The van der Waals surface area contributed by atoms with Gasteiger partial charge in [0.05, 0.1) is 18.0 Å². The molecule has 142 valence electrons. The van der Waals surface area contributed by atoms with E-state index in [1.807, 2.05) is 19.1 Å². The number of para-hydroxylation sites is 1. The van der Waals surface area contributed by atoms with Crippen LogP contribution in [0.2, 0.25) is 0 Å². The number of hydrogen-bond acceptors (Lipinski definition) is 3. The van der Waals surface area contributed by atoms with Gasteiger partial charge in [0.25, 0.3) is 0 Å². The zero-order chi connectivity index (χ0) is 19.7. The fourth-order valence-electron chi connectivity index (χ4n) is 4.07. The smallest absolute Gasteiger partial charge is 0.312 e. The van der Waals surface area contributed by atoms with E-state index in [4.69, 9.17) is 9.72 Å². The van der Waals surface area contributed by atoms with Crippen molar-refractivity contribution in [2.75, 3.05) is 6.61 Å². The number of pyridine rings is 1. The molecule has 3 nitrogen and oxygen atoms in total. The summed E-state index contributed by atoms with van der Waals surface area (Å²) in [6, 6.07) is 14.9. The Kier molecular flexibility index (Phi) is 4.99. The summed E-state index contributed by atoms with van der Waals surface area (Å²) in [5.74, 6) is -0.298. The average molecular weight is 371 g/mol. The zero-order valence-corrected chi connectivity index (χ0v) is 16.7. The topological polar surface area (TPSA) is 39.2 Å². The summed E-state index contributed by atoms with van der Waals surface area (Å²) in [4.78, 5) is 16.9. The van der Waals surface area contributed by atoms with Crippen molar-refractivity contribution in [2.24, 2.45) is 5.92 Å². The lowest BCUT2D eigenvalue weighted by molar-refractivity contribution is -0.150. The van der Waals surface area contributed by atoms with Gasteiger partial charge in [0.15, 0.2) is 0 Å². The van der Waals surface area contributed by atoms with E-state index in [2.05, 4.69) is 56.3 Å². The first-order valence-corrected chi connectivity index (χ1v) is 9.86. The molecule has 1 aliphatic rings. The molecule has 2 heterocycles. The van der Waals surface area contributed by atoms with Gasteiger partial charge in [0.2, 0.25) is 0 Å². The first kappa shape index (κ1) is 18.4. The molecule has 1 aromatic heterocycles. The van der Waals surface area contributed by atoms with Crippen LogP contribution < -0.4 is 0 Å². The van der Waals surface area contributed by atoms with Gasteiger partial charge in [-0.05, 0) is 45.2 Å². The highest BCUT2D eigenvalue weighted by Gasteiger charge is 2.22. The van der Waals surface area contributed by atoms with Crippen LogP contribution >= 0.6 is 0 Å². The second-order valence-electron chi connectivity index (χ2n) is 7.65. The number of hydrogen-bond donors (Lipinski definition) is 0. The monoisotopic (exact) mass is 371 g/mol. The first-order valence-electron chi connectivity index (χ1n) is 9.86. The first-order chi connectivity index (χ1) is 13.5. The van der Waals surface area contributed by atoms with Gasteiger partial charge in [-0.3, -0.25) is 9.78 Å². The summed E-state index contributed by atoms with van der Waals surface area (Å²) < 4.78 is 5.22. The lowest BCUT2D eigenvalue weighted by Crippen LogP contribution is -2.22. The number of carbonyl (C=O) groups is 1. The standard InChI is InChI=1S/C25H25NO2/c1-16-13-17(2)15-20(14-16)24-21(11-10-19-7-6-12-28-25(19)27)18(3)26-23-9-5-4-8-22(23)24/h4-5,8-11,13-15,19H,6-7,12H2,1-3H3. The molecule has 1 atom stereocenters. The van der Waals surface area contributed by atoms with Crippen molar-refractivity contribution >= 4 is 22.9 Å². The van der Waals surface area contributed by atoms with Crippen molar-refractivity contribution in [2.45, 2.75) is 33.6 Å². The number of ether oxygens (including phenoxy) is 1. The van der Waals surface area contributed by atoms with Crippen molar-refractivity contribution in [3.63, 3.8) is 0 Å². The lowest BCUT2D eigenvalue weighted by Gasteiger charge is -2.19. The van der Waals surface area contributed by atoms with Gasteiger partial charge in [-0.1, -0.05) is 59.7 Å². The molecule has 1 aliphatic heterocycles. The van der Waals surface area contributed by atoms with E-state index in [9.17, 15) is 4.79 Å². The van der Waals surface area contributed by atoms with Crippen molar-refractivity contribution in [3.05, 3.63) is 70.9 Å². The Balaban J connectivity index is 1.92. The summed E-state index contributed by atoms with van der Waals surface area (Å²) in [7, 11) is 0. The molecule has 1 unspecified atom stereocenters. The predicted molar refractivity (Wildman–Crippen MR) is 114 cm³/mol. The third-order valence-corrected chi connectivity index (χ3v) is 5.33. The van der Waals surface area contributed by atoms with Crippen LogP contribution in [0, 0.1) is 26.7 Å². The van der Waals surface area contributed by atoms with Gasteiger partial charge < -0.3 is 4.74 Å². The van der Waals surface area contributed by atoms with Gasteiger partial charge >= 0.3 is 5.97 Å². The number of benzene rings is 2. The number of fused-ring (bicyclic) bond motifs is 1. The highest BCUT2D eigenvalue weighted by atomic mass is 16.5. The quantitative estimate of drug-likeness (QED) is 0.547. The highest BCUT2D eigenvalue weighted by molar-refractivity contribution is 5.99. The fourth-order valence-corrected chi connectivity index (χ4v) is 4.07. The molecule has 3 heteroatoms. The van der Waals surface area contributed by atoms with Gasteiger partial charge in [-0.15, -0.1) is 0 Å². The van der Waals surface area contributed by atoms with Crippen molar-refractivity contribution in [1.82, 2.24) is 4.98 Å². The van der Waals surface area contributed by atoms with Crippen molar-refractivity contribution in [1.29, 1.82) is 0 Å². The molecule has 2 aromatic carbocycles. The van der Waals surface area contributed by atoms with Crippen LogP contribution in [0.4, 0.5) is 0 Å². The van der Waals surface area contributed by atoms with Gasteiger partial charge in [-0.25, -0.2) is 0 Å².